The van der Waals surface area contributed by atoms with Crippen LogP contribution in [0, 0.1) is 0 Å². The minimum Gasteiger partial charge on any atom is -0.296 e. The number of imide groups is 1. The van der Waals surface area contributed by atoms with Gasteiger partial charge in [-0.1, -0.05) is 58.4 Å². The van der Waals surface area contributed by atoms with E-state index in [1.165, 1.54) is 0 Å². The summed E-state index contributed by atoms with van der Waals surface area (Å²) in [4.78, 5) is 24.1. The number of amides is 2. The van der Waals surface area contributed by atoms with Crippen molar-refractivity contribution in [1.82, 2.24) is 5.32 Å². The Morgan fingerprint density at radius 1 is 0.952 bits per heavy atom. The van der Waals surface area contributed by atoms with Gasteiger partial charge in [-0.25, -0.2) is 0 Å². The van der Waals surface area contributed by atoms with Crippen LogP contribution in [0.25, 0.3) is 0 Å². The Morgan fingerprint density at radius 2 is 1.67 bits per heavy atom. The van der Waals surface area contributed by atoms with Crippen LogP contribution in [0.2, 0.25) is 0 Å². The molecule has 1 saturated heterocycles. The molecule has 1 aliphatic rings. The second kappa shape index (κ2) is 5.82. The number of carbonyl (C=O) groups excluding carboxylic acids is 2. The maximum Gasteiger partial charge on any atom is 0.234 e. The van der Waals surface area contributed by atoms with Crippen LogP contribution < -0.4 is 5.32 Å². The summed E-state index contributed by atoms with van der Waals surface area (Å²) >= 11 is 3.45. The fourth-order valence-electron chi connectivity index (χ4n) is 2.86. The van der Waals surface area contributed by atoms with Crippen molar-refractivity contribution < 1.29 is 9.59 Å². The highest BCUT2D eigenvalue weighted by Gasteiger charge is 2.37. The number of rotatable bonds is 2. The van der Waals surface area contributed by atoms with Gasteiger partial charge in [-0.05, 0) is 23.3 Å². The van der Waals surface area contributed by atoms with Crippen molar-refractivity contribution in [3.05, 3.63) is 70.2 Å². The summed E-state index contributed by atoms with van der Waals surface area (Å²) in [7, 11) is 0. The van der Waals surface area contributed by atoms with Gasteiger partial charge in [-0.2, -0.15) is 0 Å². The van der Waals surface area contributed by atoms with Crippen molar-refractivity contribution in [2.24, 2.45) is 0 Å². The maximum absolute atomic E-state index is 12.3. The molecule has 2 unspecified atom stereocenters. The molecule has 2 atom stereocenters. The molecule has 0 aliphatic carbocycles. The van der Waals surface area contributed by atoms with E-state index in [9.17, 15) is 9.59 Å². The van der Waals surface area contributed by atoms with Gasteiger partial charge in [-0.3, -0.25) is 14.9 Å². The minimum atomic E-state index is -0.335. The van der Waals surface area contributed by atoms with E-state index in [0.717, 1.165) is 15.6 Å². The standard InChI is InChI=1S/C17H14BrNO2/c18-13-8-4-7-12(9-13)14-10-15(20)19-17(21)16(14)11-5-2-1-3-6-11/h1-9,14,16H,10H2,(H,19,20,21). The van der Waals surface area contributed by atoms with Crippen molar-refractivity contribution in [1.29, 1.82) is 0 Å². The second-order valence-corrected chi connectivity index (χ2v) is 6.08. The molecule has 106 valence electrons. The largest absolute Gasteiger partial charge is 0.296 e. The summed E-state index contributed by atoms with van der Waals surface area (Å²) in [6.45, 7) is 0. The van der Waals surface area contributed by atoms with Gasteiger partial charge in [0.1, 0.15) is 0 Å². The fourth-order valence-corrected chi connectivity index (χ4v) is 3.28. The Morgan fingerprint density at radius 3 is 2.38 bits per heavy atom. The first-order valence-corrected chi connectivity index (χ1v) is 7.58. The van der Waals surface area contributed by atoms with Gasteiger partial charge in [0.2, 0.25) is 11.8 Å². The summed E-state index contributed by atoms with van der Waals surface area (Å²) in [6, 6.07) is 17.4. The van der Waals surface area contributed by atoms with Gasteiger partial charge in [0.25, 0.3) is 0 Å². The molecule has 1 heterocycles. The lowest BCUT2D eigenvalue weighted by molar-refractivity contribution is -0.135. The van der Waals surface area contributed by atoms with E-state index in [2.05, 4.69) is 21.2 Å². The lowest BCUT2D eigenvalue weighted by Crippen LogP contribution is -2.43. The number of hydrogen-bond acceptors (Lipinski definition) is 2. The van der Waals surface area contributed by atoms with E-state index in [1.54, 1.807) is 0 Å². The van der Waals surface area contributed by atoms with Crippen molar-refractivity contribution in [2.45, 2.75) is 18.3 Å². The Bertz CT molecular complexity index is 684. The van der Waals surface area contributed by atoms with Crippen LogP contribution in [0.5, 0.6) is 0 Å². The zero-order valence-corrected chi connectivity index (χ0v) is 12.8. The van der Waals surface area contributed by atoms with E-state index < -0.39 is 0 Å². The Balaban J connectivity index is 2.05. The summed E-state index contributed by atoms with van der Waals surface area (Å²) in [5.41, 5.74) is 1.94. The lowest BCUT2D eigenvalue weighted by Gasteiger charge is -2.30. The zero-order valence-electron chi connectivity index (χ0n) is 11.3. The molecule has 2 aromatic rings. The van der Waals surface area contributed by atoms with Gasteiger partial charge in [0.05, 0.1) is 5.92 Å². The van der Waals surface area contributed by atoms with E-state index in [-0.39, 0.29) is 23.7 Å². The smallest absolute Gasteiger partial charge is 0.234 e. The zero-order chi connectivity index (χ0) is 14.8. The molecule has 0 radical (unpaired) electrons. The number of carbonyl (C=O) groups is 2. The van der Waals surface area contributed by atoms with Crippen LogP contribution in [0.1, 0.15) is 29.4 Å². The number of nitrogens with one attached hydrogen (secondary N) is 1. The van der Waals surface area contributed by atoms with Gasteiger partial charge in [0, 0.05) is 16.8 Å². The normalized spacial score (nSPS) is 22.0. The molecule has 1 N–H and O–H groups in total. The molecule has 0 saturated carbocycles. The molecule has 3 nitrogen and oxygen atoms in total. The van der Waals surface area contributed by atoms with E-state index >= 15 is 0 Å². The minimum absolute atomic E-state index is 0.133. The SMILES string of the molecule is O=C1CC(c2cccc(Br)c2)C(c2ccccc2)C(=O)N1. The van der Waals surface area contributed by atoms with E-state index in [4.69, 9.17) is 0 Å². The second-order valence-electron chi connectivity index (χ2n) is 5.17. The topological polar surface area (TPSA) is 46.2 Å². The van der Waals surface area contributed by atoms with Crippen LogP contribution >= 0.6 is 15.9 Å². The first kappa shape index (κ1) is 14.0. The van der Waals surface area contributed by atoms with Gasteiger partial charge < -0.3 is 0 Å². The van der Waals surface area contributed by atoms with Gasteiger partial charge in [0.15, 0.2) is 0 Å². The highest BCUT2D eigenvalue weighted by atomic mass is 79.9. The predicted molar refractivity (Wildman–Crippen MR) is 83.8 cm³/mol. The van der Waals surface area contributed by atoms with Gasteiger partial charge >= 0.3 is 0 Å². The molecule has 2 amide bonds. The Hall–Kier alpha value is -1.94. The molecule has 0 aromatic heterocycles. The molecule has 1 aliphatic heterocycles. The Labute approximate surface area is 131 Å². The van der Waals surface area contributed by atoms with Crippen molar-refractivity contribution in [3.63, 3.8) is 0 Å². The number of halogens is 1. The van der Waals surface area contributed by atoms with Crippen LogP contribution in [0.3, 0.4) is 0 Å². The molecule has 21 heavy (non-hydrogen) atoms. The van der Waals surface area contributed by atoms with Crippen molar-refractivity contribution in [3.8, 4) is 0 Å². The highest BCUT2D eigenvalue weighted by molar-refractivity contribution is 9.10. The first-order chi connectivity index (χ1) is 10.1. The van der Waals surface area contributed by atoms with Crippen molar-refractivity contribution >= 4 is 27.7 Å². The molecular weight excluding hydrogens is 330 g/mol. The molecule has 3 rings (SSSR count). The third kappa shape index (κ3) is 2.90. The molecular formula is C17H14BrNO2. The molecule has 0 bridgehead atoms. The van der Waals surface area contributed by atoms with Crippen LogP contribution in [0.4, 0.5) is 0 Å². The average molecular weight is 344 g/mol. The van der Waals surface area contributed by atoms with E-state index in [1.807, 2.05) is 54.6 Å². The summed E-state index contributed by atoms with van der Waals surface area (Å²) in [5, 5.41) is 2.45. The van der Waals surface area contributed by atoms with Crippen LogP contribution in [-0.4, -0.2) is 11.8 Å². The number of piperidine rings is 1. The molecule has 2 aromatic carbocycles. The fraction of sp³-hybridized carbons (Fsp3) is 0.176. The molecule has 1 fully saturated rings. The van der Waals surface area contributed by atoms with E-state index in [0.29, 0.717) is 6.42 Å². The number of benzene rings is 2. The highest BCUT2D eigenvalue weighted by Crippen LogP contribution is 2.38. The lowest BCUT2D eigenvalue weighted by atomic mass is 9.76. The molecule has 0 spiro atoms. The van der Waals surface area contributed by atoms with Gasteiger partial charge in [-0.15, -0.1) is 0 Å². The third-order valence-corrected chi connectivity index (χ3v) is 4.28. The maximum atomic E-state index is 12.3. The van der Waals surface area contributed by atoms with Crippen LogP contribution in [0.15, 0.2) is 59.1 Å². The summed E-state index contributed by atoms with van der Waals surface area (Å²) < 4.78 is 0.949. The predicted octanol–water partition coefficient (Wildman–Crippen LogP) is 3.36. The third-order valence-electron chi connectivity index (χ3n) is 3.79. The molecule has 4 heteroatoms. The monoisotopic (exact) mass is 343 g/mol. The Kier molecular flexibility index (Phi) is 3.88. The quantitative estimate of drug-likeness (QED) is 0.849. The van der Waals surface area contributed by atoms with Crippen molar-refractivity contribution in [2.75, 3.05) is 0 Å². The number of hydrogen-bond donors (Lipinski definition) is 1. The summed E-state index contributed by atoms with van der Waals surface area (Å²) in [6.07, 6.45) is 0.321. The first-order valence-electron chi connectivity index (χ1n) is 6.79. The summed E-state index contributed by atoms with van der Waals surface area (Å²) in [5.74, 6) is -0.899. The van der Waals surface area contributed by atoms with Crippen LogP contribution in [-0.2, 0) is 9.59 Å². The average Bonchev–Trinajstić information content (AvgIpc) is 2.47.